The number of hydrogen-bond acceptors (Lipinski definition) is 16. The summed E-state index contributed by atoms with van der Waals surface area (Å²) in [6.07, 6.45) is 2.70. The summed E-state index contributed by atoms with van der Waals surface area (Å²) in [6, 6.07) is 17.8. The molecule has 2 aromatic heterocycles. The third-order valence-electron chi connectivity index (χ3n) is 9.60. The molecule has 2 aliphatic rings. The number of sulfonamides is 1. The van der Waals surface area contributed by atoms with Crippen LogP contribution in [0.5, 0.6) is 11.5 Å². The van der Waals surface area contributed by atoms with Crippen molar-refractivity contribution in [2.24, 2.45) is 5.14 Å². The van der Waals surface area contributed by atoms with Gasteiger partial charge in [0.1, 0.15) is 41.7 Å². The van der Waals surface area contributed by atoms with Crippen LogP contribution in [-0.2, 0) is 42.2 Å². The van der Waals surface area contributed by atoms with Gasteiger partial charge in [-0.25, -0.2) is 28.0 Å². The molecule has 65 heavy (non-hydrogen) atoms. The first-order chi connectivity index (χ1) is 31.3. The van der Waals surface area contributed by atoms with Crippen LogP contribution in [0.15, 0.2) is 92.5 Å². The smallest absolute Gasteiger partial charge is 0.336 e. The number of nitrogens with two attached hydrogens (primary N) is 1. The summed E-state index contributed by atoms with van der Waals surface area (Å²) >= 11 is 0.946. The number of nitrogens with zero attached hydrogens (tertiary/aromatic N) is 4. The standard InChI is InChI=1S/C43H43N7O13S2/c44-65(57,58)43-47-35-10-6-30(22-38(35)64-43)62-25-27-23-50(49-48-27)24-39(53)45-11-1-13-59-15-17-61-18-16-60-14-2-12-46-41(54)26-3-7-31(42(55)56)34(19-26)40-32-8-4-28(51)20-36(32)63-37-21-29(52)5-9-33(37)40/h3-10,19-23,51H,1-2,11-18,24-25H2,(H,45,53)(H,46,54)(H,55,56)(H2,44,57,58). The normalized spacial score (nSPS) is 11.6. The Labute approximate surface area is 374 Å². The number of aromatic nitrogens is 4. The molecule has 0 radical (unpaired) electrons. The molecule has 1 aliphatic heterocycles. The highest BCUT2D eigenvalue weighted by atomic mass is 32.2. The molecule has 3 heterocycles. The number of primary sulfonamides is 1. The maximum Gasteiger partial charge on any atom is 0.336 e. The molecule has 3 aromatic carbocycles. The number of benzene rings is 4. The number of carboxylic acid groups (broad SMARTS) is 1. The molecule has 0 bridgehead atoms. The van der Waals surface area contributed by atoms with Crippen molar-refractivity contribution in [3.63, 3.8) is 0 Å². The van der Waals surface area contributed by atoms with Gasteiger partial charge in [-0.1, -0.05) is 5.21 Å². The van der Waals surface area contributed by atoms with Crippen molar-refractivity contribution in [3.05, 3.63) is 106 Å². The van der Waals surface area contributed by atoms with Crippen molar-refractivity contribution < 1.29 is 56.4 Å². The lowest BCUT2D eigenvalue weighted by Crippen LogP contribution is -2.29. The van der Waals surface area contributed by atoms with Crippen molar-refractivity contribution >= 4 is 60.3 Å². The fourth-order valence-corrected chi connectivity index (χ4v) is 8.27. The van der Waals surface area contributed by atoms with Crippen LogP contribution in [0, 0.1) is 0 Å². The number of thiazole rings is 1. The molecule has 6 N–H and O–H groups in total. The van der Waals surface area contributed by atoms with E-state index in [1.54, 1.807) is 36.5 Å². The van der Waals surface area contributed by atoms with Crippen molar-refractivity contribution in [2.75, 3.05) is 52.7 Å². The van der Waals surface area contributed by atoms with Gasteiger partial charge in [0.25, 0.3) is 15.9 Å². The molecule has 2 amide bonds. The molecule has 1 aliphatic carbocycles. The van der Waals surface area contributed by atoms with E-state index in [0.717, 1.165) is 11.3 Å². The van der Waals surface area contributed by atoms with Crippen LogP contribution in [0.1, 0.15) is 39.3 Å². The second kappa shape index (κ2) is 21.2. The summed E-state index contributed by atoms with van der Waals surface area (Å²) in [4.78, 5) is 54.0. The van der Waals surface area contributed by atoms with Gasteiger partial charge in [0.15, 0.2) is 5.43 Å². The largest absolute Gasteiger partial charge is 0.508 e. The number of rotatable bonds is 23. The number of amides is 2. The number of carbonyl (C=O) groups excluding carboxylic acids is 2. The van der Waals surface area contributed by atoms with Gasteiger partial charge in [-0.3, -0.25) is 14.4 Å². The zero-order valence-corrected chi connectivity index (χ0v) is 36.2. The minimum Gasteiger partial charge on any atom is -0.508 e. The zero-order chi connectivity index (χ0) is 45.9. The lowest BCUT2D eigenvalue weighted by molar-refractivity contribution is -0.121. The molecule has 0 unspecified atom stereocenters. The predicted octanol–water partition coefficient (Wildman–Crippen LogP) is 3.77. The second-order valence-corrected chi connectivity index (χ2v) is 17.1. The number of aromatic carboxylic acids is 1. The third-order valence-corrected chi connectivity index (χ3v) is 11.9. The van der Waals surface area contributed by atoms with Crippen molar-refractivity contribution in [1.82, 2.24) is 30.6 Å². The van der Waals surface area contributed by atoms with Crippen molar-refractivity contribution in [1.29, 1.82) is 0 Å². The van der Waals surface area contributed by atoms with Gasteiger partial charge in [-0.05, 0) is 79.1 Å². The first kappa shape index (κ1) is 46.2. The number of ether oxygens (including phenoxy) is 4. The van der Waals surface area contributed by atoms with Gasteiger partial charge < -0.3 is 44.2 Å². The fraction of sp³-hybridized carbons (Fsp3) is 0.279. The molecule has 0 fully saturated rings. The molecule has 0 saturated carbocycles. The maximum atomic E-state index is 13.2. The molecule has 7 rings (SSSR count). The van der Waals surface area contributed by atoms with Gasteiger partial charge >= 0.3 is 5.97 Å². The Balaban J connectivity index is 0.733. The van der Waals surface area contributed by atoms with E-state index in [9.17, 15) is 37.8 Å². The first-order valence-electron chi connectivity index (χ1n) is 20.1. The number of nitrogens with one attached hydrogen (secondary N) is 2. The van der Waals surface area contributed by atoms with E-state index in [1.165, 1.54) is 47.1 Å². The van der Waals surface area contributed by atoms with E-state index in [1.807, 2.05) is 0 Å². The van der Waals surface area contributed by atoms with Crippen LogP contribution in [0.25, 0.3) is 43.6 Å². The lowest BCUT2D eigenvalue weighted by atomic mass is 9.89. The van der Waals surface area contributed by atoms with Crippen molar-refractivity contribution in [3.8, 4) is 33.9 Å². The Bertz CT molecular complexity index is 2970. The van der Waals surface area contributed by atoms with E-state index in [2.05, 4.69) is 25.9 Å². The average Bonchev–Trinajstić information content (AvgIpc) is 3.92. The Kier molecular flexibility index (Phi) is 15.1. The zero-order valence-electron chi connectivity index (χ0n) is 34.6. The molecular weight excluding hydrogens is 887 g/mol. The number of phenolic OH excluding ortho intramolecular Hbond substituents is 1. The number of carboxylic acids is 1. The SMILES string of the molecule is NS(=O)(=O)c1nc2ccc(OCc3cn(CC(=O)NCCCOCCOCCOCCCNC(=O)c4ccc(C(=O)O)c(-c5c6ccc(=O)cc-6oc6cc(O)ccc56)c4)nn3)cc2s1. The second-order valence-electron chi connectivity index (χ2n) is 14.4. The third kappa shape index (κ3) is 12.3. The lowest BCUT2D eigenvalue weighted by Gasteiger charge is -2.17. The van der Waals surface area contributed by atoms with Gasteiger partial charge in [0.05, 0.1) is 48.4 Å². The summed E-state index contributed by atoms with van der Waals surface area (Å²) in [5.41, 5.74) is 2.23. The van der Waals surface area contributed by atoms with E-state index >= 15 is 0 Å². The van der Waals surface area contributed by atoms with Crippen LogP contribution in [-0.4, -0.2) is 109 Å². The molecule has 0 saturated heterocycles. The molecule has 340 valence electrons. The minimum atomic E-state index is -3.90. The highest BCUT2D eigenvalue weighted by Crippen LogP contribution is 2.42. The average molecular weight is 930 g/mol. The molecular formula is C43H43N7O13S2. The van der Waals surface area contributed by atoms with Gasteiger partial charge in [-0.15, -0.1) is 16.4 Å². The maximum absolute atomic E-state index is 13.2. The molecule has 20 nitrogen and oxygen atoms in total. The fourth-order valence-electron chi connectivity index (χ4n) is 6.59. The van der Waals surface area contributed by atoms with Crippen LogP contribution in [0.4, 0.5) is 0 Å². The Morgan fingerprint density at radius 2 is 1.58 bits per heavy atom. The summed E-state index contributed by atoms with van der Waals surface area (Å²) in [6.45, 7) is 2.95. The highest BCUT2D eigenvalue weighted by Gasteiger charge is 2.23. The molecule has 22 heteroatoms. The van der Waals surface area contributed by atoms with Crippen LogP contribution < -0.4 is 25.9 Å². The minimum absolute atomic E-state index is 0.0309. The first-order valence-corrected chi connectivity index (χ1v) is 22.5. The van der Waals surface area contributed by atoms with E-state index in [0.29, 0.717) is 104 Å². The number of phenols is 1. The topological polar surface area (TPSA) is 287 Å². The molecule has 0 atom stereocenters. The summed E-state index contributed by atoms with van der Waals surface area (Å²) in [5, 5.41) is 39.4. The Morgan fingerprint density at radius 1 is 0.846 bits per heavy atom. The summed E-state index contributed by atoms with van der Waals surface area (Å²) < 4.78 is 53.3. The van der Waals surface area contributed by atoms with E-state index < -0.39 is 21.9 Å². The quantitative estimate of drug-likeness (QED) is 0.0451. The van der Waals surface area contributed by atoms with Crippen LogP contribution in [0.3, 0.4) is 0 Å². The summed E-state index contributed by atoms with van der Waals surface area (Å²) in [5.74, 6) is -1.26. The number of hydrogen-bond donors (Lipinski definition) is 5. The van der Waals surface area contributed by atoms with E-state index in [-0.39, 0.29) is 62.6 Å². The van der Waals surface area contributed by atoms with Crippen LogP contribution >= 0.6 is 11.3 Å². The molecule has 0 spiro atoms. The summed E-state index contributed by atoms with van der Waals surface area (Å²) in [7, 11) is -3.90. The Hall–Kier alpha value is -6.82. The number of carbonyl (C=O) groups is 3. The van der Waals surface area contributed by atoms with Gasteiger partial charge in [-0.2, -0.15) is 0 Å². The van der Waals surface area contributed by atoms with Crippen molar-refractivity contribution in [2.45, 2.75) is 30.3 Å². The highest BCUT2D eigenvalue weighted by molar-refractivity contribution is 7.91. The monoisotopic (exact) mass is 929 g/mol. The Morgan fingerprint density at radius 3 is 2.32 bits per heavy atom. The van der Waals surface area contributed by atoms with Crippen LogP contribution in [0.2, 0.25) is 0 Å². The predicted molar refractivity (Wildman–Crippen MR) is 236 cm³/mol. The number of aromatic hydroxyl groups is 1. The van der Waals surface area contributed by atoms with Gasteiger partial charge in [0, 0.05) is 60.5 Å². The van der Waals surface area contributed by atoms with E-state index in [4.69, 9.17) is 28.5 Å². The number of fused-ring (bicyclic) bond motifs is 3. The molecule has 5 aromatic rings. The van der Waals surface area contributed by atoms with Gasteiger partial charge in [0.2, 0.25) is 10.2 Å².